The van der Waals surface area contributed by atoms with Gasteiger partial charge in [-0.2, -0.15) is 0 Å². The second-order valence-electron chi connectivity index (χ2n) is 4.49. The lowest BCUT2D eigenvalue weighted by Gasteiger charge is -2.07. The molecule has 2 nitrogen and oxygen atoms in total. The van der Waals surface area contributed by atoms with Crippen molar-refractivity contribution in [2.75, 3.05) is 5.32 Å². The quantitative estimate of drug-likeness (QED) is 0.901. The lowest BCUT2D eigenvalue weighted by atomic mass is 10.1. The maximum absolute atomic E-state index is 5.87. The van der Waals surface area contributed by atoms with Gasteiger partial charge in [-0.3, -0.25) is 0 Å². The summed E-state index contributed by atoms with van der Waals surface area (Å²) in [5.74, 6) is 1.46. The first kappa shape index (κ1) is 12.0. The molecule has 3 rings (SSSR count). The lowest BCUT2D eigenvalue weighted by molar-refractivity contribution is 1.03. The molecule has 18 heavy (non-hydrogen) atoms. The van der Waals surface area contributed by atoms with Gasteiger partial charge in [0.1, 0.15) is 5.82 Å². The van der Waals surface area contributed by atoms with Crippen LogP contribution in [0, 0.1) is 0 Å². The number of pyridine rings is 1. The second kappa shape index (κ2) is 4.90. The molecular weight excluding hydrogens is 312 g/mol. The highest BCUT2D eigenvalue weighted by Gasteiger charge is 2.38. The van der Waals surface area contributed by atoms with Crippen LogP contribution in [-0.4, -0.2) is 11.0 Å². The number of halogens is 2. The van der Waals surface area contributed by atoms with E-state index < -0.39 is 0 Å². The van der Waals surface area contributed by atoms with Crippen molar-refractivity contribution in [2.24, 2.45) is 0 Å². The van der Waals surface area contributed by atoms with E-state index in [2.05, 4.69) is 50.5 Å². The van der Waals surface area contributed by atoms with Crippen LogP contribution in [0.4, 0.5) is 5.82 Å². The summed E-state index contributed by atoms with van der Waals surface area (Å²) in [6.07, 6.45) is 2.81. The number of aromatic nitrogens is 1. The van der Waals surface area contributed by atoms with E-state index in [9.17, 15) is 0 Å². The zero-order valence-corrected chi connectivity index (χ0v) is 11.9. The first-order valence-electron chi connectivity index (χ1n) is 5.86. The number of hydrogen-bond donors (Lipinski definition) is 1. The Morgan fingerprint density at radius 2 is 2.06 bits per heavy atom. The van der Waals surface area contributed by atoms with E-state index in [0.29, 0.717) is 17.0 Å². The standard InChI is InChI=1S/C14H12BrClN2/c15-12-6-10(16)8-17-14(12)18-13-7-11(13)9-4-2-1-3-5-9/h1-6,8,11,13H,7H2,(H,17,18). The lowest BCUT2D eigenvalue weighted by Crippen LogP contribution is -2.06. The highest BCUT2D eigenvalue weighted by atomic mass is 79.9. The molecule has 1 aromatic heterocycles. The topological polar surface area (TPSA) is 24.9 Å². The highest BCUT2D eigenvalue weighted by Crippen LogP contribution is 2.43. The van der Waals surface area contributed by atoms with Crippen LogP contribution in [0.5, 0.6) is 0 Å². The van der Waals surface area contributed by atoms with Crippen molar-refractivity contribution in [2.45, 2.75) is 18.4 Å². The van der Waals surface area contributed by atoms with Crippen molar-refractivity contribution in [1.82, 2.24) is 4.98 Å². The van der Waals surface area contributed by atoms with Gasteiger partial charge in [-0.15, -0.1) is 0 Å². The van der Waals surface area contributed by atoms with Crippen LogP contribution in [0.2, 0.25) is 5.02 Å². The van der Waals surface area contributed by atoms with Crippen molar-refractivity contribution in [3.63, 3.8) is 0 Å². The predicted molar refractivity (Wildman–Crippen MR) is 78.2 cm³/mol. The molecule has 2 aromatic rings. The molecule has 1 N–H and O–H groups in total. The van der Waals surface area contributed by atoms with Crippen LogP contribution in [0.25, 0.3) is 0 Å². The Kier molecular flexibility index (Phi) is 3.27. The van der Waals surface area contributed by atoms with Crippen molar-refractivity contribution in [3.8, 4) is 0 Å². The van der Waals surface area contributed by atoms with E-state index in [0.717, 1.165) is 16.7 Å². The molecule has 1 heterocycles. The summed E-state index contributed by atoms with van der Waals surface area (Å²) < 4.78 is 0.911. The van der Waals surface area contributed by atoms with Gasteiger partial charge >= 0.3 is 0 Å². The molecule has 2 atom stereocenters. The summed E-state index contributed by atoms with van der Waals surface area (Å²) in [7, 11) is 0. The Morgan fingerprint density at radius 3 is 2.78 bits per heavy atom. The Hall–Kier alpha value is -1.06. The number of nitrogens with zero attached hydrogens (tertiary/aromatic N) is 1. The third-order valence-corrected chi connectivity index (χ3v) is 3.96. The third kappa shape index (κ3) is 2.52. The second-order valence-corrected chi connectivity index (χ2v) is 5.78. The minimum Gasteiger partial charge on any atom is -0.366 e. The van der Waals surface area contributed by atoms with Crippen molar-refractivity contribution in [1.29, 1.82) is 0 Å². The molecule has 0 radical (unpaired) electrons. The van der Waals surface area contributed by atoms with E-state index in [-0.39, 0.29) is 0 Å². The molecule has 1 aromatic carbocycles. The van der Waals surface area contributed by atoms with E-state index in [1.807, 2.05) is 12.1 Å². The number of anilines is 1. The SMILES string of the molecule is Clc1cnc(NC2CC2c2ccccc2)c(Br)c1. The van der Waals surface area contributed by atoms with E-state index in [1.165, 1.54) is 5.56 Å². The molecule has 1 saturated carbocycles. The summed E-state index contributed by atoms with van der Waals surface area (Å²) >= 11 is 9.34. The van der Waals surface area contributed by atoms with Crippen molar-refractivity contribution < 1.29 is 0 Å². The van der Waals surface area contributed by atoms with Gasteiger partial charge in [-0.1, -0.05) is 41.9 Å². The summed E-state index contributed by atoms with van der Waals surface area (Å²) in [4.78, 5) is 4.30. The third-order valence-electron chi connectivity index (χ3n) is 3.15. The molecule has 1 aliphatic carbocycles. The first-order valence-corrected chi connectivity index (χ1v) is 7.03. The fourth-order valence-electron chi connectivity index (χ4n) is 2.12. The number of benzene rings is 1. The fourth-order valence-corrected chi connectivity index (χ4v) is 2.87. The minimum absolute atomic E-state index is 0.470. The molecular formula is C14H12BrClN2. The van der Waals surface area contributed by atoms with Gasteiger partial charge in [-0.05, 0) is 34.0 Å². The van der Waals surface area contributed by atoms with Crippen LogP contribution < -0.4 is 5.32 Å². The van der Waals surface area contributed by atoms with Crippen molar-refractivity contribution >= 4 is 33.3 Å². The monoisotopic (exact) mass is 322 g/mol. The van der Waals surface area contributed by atoms with E-state index in [1.54, 1.807) is 6.20 Å². The Labute approximate surface area is 120 Å². The van der Waals surface area contributed by atoms with Crippen molar-refractivity contribution in [3.05, 3.63) is 57.7 Å². The number of rotatable bonds is 3. The van der Waals surface area contributed by atoms with Gasteiger partial charge in [0.2, 0.25) is 0 Å². The Morgan fingerprint density at radius 1 is 1.28 bits per heavy atom. The van der Waals surface area contributed by atoms with Gasteiger partial charge in [-0.25, -0.2) is 4.98 Å². The molecule has 2 unspecified atom stereocenters. The Balaban J connectivity index is 1.69. The molecule has 0 saturated heterocycles. The normalized spacial score (nSPS) is 21.7. The number of hydrogen-bond acceptors (Lipinski definition) is 2. The van der Waals surface area contributed by atoms with Gasteiger partial charge in [0, 0.05) is 18.2 Å². The molecule has 4 heteroatoms. The summed E-state index contributed by atoms with van der Waals surface area (Å²) in [5, 5.41) is 4.08. The highest BCUT2D eigenvalue weighted by molar-refractivity contribution is 9.10. The van der Waals surface area contributed by atoms with Gasteiger partial charge in [0.05, 0.1) is 9.50 Å². The van der Waals surface area contributed by atoms with Gasteiger partial charge in [0.15, 0.2) is 0 Å². The largest absolute Gasteiger partial charge is 0.366 e. The molecule has 0 bridgehead atoms. The maximum atomic E-state index is 5.87. The van der Waals surface area contributed by atoms with E-state index >= 15 is 0 Å². The number of nitrogens with one attached hydrogen (secondary N) is 1. The average molecular weight is 324 g/mol. The molecule has 1 fully saturated rings. The fraction of sp³-hybridized carbons (Fsp3) is 0.214. The van der Waals surface area contributed by atoms with Crippen LogP contribution in [0.3, 0.4) is 0 Å². The molecule has 92 valence electrons. The zero-order valence-electron chi connectivity index (χ0n) is 9.61. The zero-order chi connectivity index (χ0) is 12.5. The molecule has 0 amide bonds. The molecule has 1 aliphatic rings. The van der Waals surface area contributed by atoms with Crippen LogP contribution >= 0.6 is 27.5 Å². The van der Waals surface area contributed by atoms with Crippen LogP contribution in [0.1, 0.15) is 17.9 Å². The van der Waals surface area contributed by atoms with Crippen LogP contribution in [0.15, 0.2) is 47.1 Å². The average Bonchev–Trinajstić information content (AvgIpc) is 3.13. The smallest absolute Gasteiger partial charge is 0.140 e. The summed E-state index contributed by atoms with van der Waals surface area (Å²) in [5.41, 5.74) is 1.39. The van der Waals surface area contributed by atoms with E-state index in [4.69, 9.17) is 11.6 Å². The summed E-state index contributed by atoms with van der Waals surface area (Å²) in [6, 6.07) is 12.9. The minimum atomic E-state index is 0.470. The molecule has 0 aliphatic heterocycles. The summed E-state index contributed by atoms with van der Waals surface area (Å²) in [6.45, 7) is 0. The predicted octanol–water partition coefficient (Wildman–Crippen LogP) is 4.47. The Bertz CT molecular complexity index is 559. The van der Waals surface area contributed by atoms with Gasteiger partial charge < -0.3 is 5.32 Å². The van der Waals surface area contributed by atoms with Gasteiger partial charge in [0.25, 0.3) is 0 Å². The maximum Gasteiger partial charge on any atom is 0.140 e. The van der Waals surface area contributed by atoms with Crippen LogP contribution in [-0.2, 0) is 0 Å². The molecule has 0 spiro atoms. The first-order chi connectivity index (χ1) is 8.74.